The van der Waals surface area contributed by atoms with E-state index in [1.54, 1.807) is 7.11 Å². The number of hydrogen-bond donors (Lipinski definition) is 3. The van der Waals surface area contributed by atoms with E-state index < -0.39 is 5.97 Å². The smallest absolute Gasteiger partial charge is 0.306 e. The van der Waals surface area contributed by atoms with Gasteiger partial charge in [0.2, 0.25) is 5.91 Å². The molecule has 6 heteroatoms. The molecule has 6 nitrogen and oxygen atoms in total. The van der Waals surface area contributed by atoms with Gasteiger partial charge in [0.05, 0.1) is 18.7 Å². The van der Waals surface area contributed by atoms with E-state index in [9.17, 15) is 9.59 Å². The molecule has 3 rings (SSSR count). The molecular weight excluding hydrogens is 296 g/mol. The van der Waals surface area contributed by atoms with Crippen molar-refractivity contribution in [3.63, 3.8) is 0 Å². The third kappa shape index (κ3) is 3.41. The van der Waals surface area contributed by atoms with Crippen LogP contribution in [0.5, 0.6) is 5.75 Å². The fraction of sp³-hybridized carbons (Fsp3) is 0.529. The number of methoxy groups -OCH3 is 1. The van der Waals surface area contributed by atoms with E-state index in [1.165, 1.54) is 0 Å². The lowest BCUT2D eigenvalue weighted by Crippen LogP contribution is -2.29. The standard InChI is InChI=1S/C17H22N2O4/c1-23-15-8-11-4-7-16(20)19-13(11)9-14(15)18-12-5-2-10(3-6-12)17(21)22/h8-10,12,18H,2-7H2,1H3,(H,19,20)(H,21,22). The average Bonchev–Trinajstić information content (AvgIpc) is 2.54. The SMILES string of the molecule is COc1cc2c(cc1NC1CCC(C(=O)O)CC1)NC(=O)CC2. The van der Waals surface area contributed by atoms with Crippen molar-refractivity contribution in [2.75, 3.05) is 17.7 Å². The van der Waals surface area contributed by atoms with Crippen LogP contribution in [0.15, 0.2) is 12.1 Å². The van der Waals surface area contributed by atoms with Gasteiger partial charge < -0.3 is 20.5 Å². The first-order chi connectivity index (χ1) is 11.1. The lowest BCUT2D eigenvalue weighted by Gasteiger charge is -2.29. The number of aryl methyl sites for hydroxylation is 1. The van der Waals surface area contributed by atoms with Gasteiger partial charge in [0, 0.05) is 18.2 Å². The Morgan fingerprint density at radius 2 is 2.00 bits per heavy atom. The van der Waals surface area contributed by atoms with Crippen LogP contribution >= 0.6 is 0 Å². The van der Waals surface area contributed by atoms with E-state index in [0.717, 1.165) is 42.0 Å². The molecular formula is C17H22N2O4. The molecule has 1 aromatic rings. The number of amides is 1. The summed E-state index contributed by atoms with van der Waals surface area (Å²) in [5.74, 6) is -0.119. The Morgan fingerprint density at radius 1 is 1.26 bits per heavy atom. The van der Waals surface area contributed by atoms with Crippen molar-refractivity contribution in [1.29, 1.82) is 0 Å². The normalized spacial score (nSPS) is 23.6. The van der Waals surface area contributed by atoms with Crippen molar-refractivity contribution >= 4 is 23.3 Å². The molecule has 0 aromatic heterocycles. The zero-order valence-corrected chi connectivity index (χ0v) is 13.2. The highest BCUT2D eigenvalue weighted by Gasteiger charge is 2.27. The van der Waals surface area contributed by atoms with Gasteiger partial charge in [-0.1, -0.05) is 0 Å². The van der Waals surface area contributed by atoms with Gasteiger partial charge in [0.15, 0.2) is 0 Å². The number of ether oxygens (including phenoxy) is 1. The highest BCUT2D eigenvalue weighted by Crippen LogP contribution is 2.36. The number of anilines is 2. The number of carboxylic acid groups (broad SMARTS) is 1. The molecule has 23 heavy (non-hydrogen) atoms. The summed E-state index contributed by atoms with van der Waals surface area (Å²) in [6.45, 7) is 0. The lowest BCUT2D eigenvalue weighted by atomic mass is 9.86. The maximum Gasteiger partial charge on any atom is 0.306 e. The van der Waals surface area contributed by atoms with Crippen molar-refractivity contribution in [2.24, 2.45) is 5.92 Å². The van der Waals surface area contributed by atoms with E-state index >= 15 is 0 Å². The van der Waals surface area contributed by atoms with E-state index in [4.69, 9.17) is 9.84 Å². The molecule has 1 amide bonds. The van der Waals surface area contributed by atoms with Gasteiger partial charge in [-0.05, 0) is 49.8 Å². The van der Waals surface area contributed by atoms with Crippen LogP contribution in [-0.2, 0) is 16.0 Å². The van der Waals surface area contributed by atoms with E-state index in [2.05, 4.69) is 10.6 Å². The topological polar surface area (TPSA) is 87.7 Å². The Hall–Kier alpha value is -2.24. The van der Waals surface area contributed by atoms with Crippen LogP contribution in [0.3, 0.4) is 0 Å². The average molecular weight is 318 g/mol. The molecule has 0 saturated heterocycles. The molecule has 1 fully saturated rings. The maximum absolute atomic E-state index is 11.6. The Morgan fingerprint density at radius 3 is 2.65 bits per heavy atom. The zero-order valence-electron chi connectivity index (χ0n) is 13.2. The number of nitrogens with one attached hydrogen (secondary N) is 2. The number of aliphatic carboxylic acids is 1. The summed E-state index contributed by atoms with van der Waals surface area (Å²) >= 11 is 0. The van der Waals surface area contributed by atoms with Gasteiger partial charge in [0.1, 0.15) is 5.75 Å². The van der Waals surface area contributed by atoms with Crippen molar-refractivity contribution in [3.8, 4) is 5.75 Å². The molecule has 2 aliphatic rings. The summed E-state index contributed by atoms with van der Waals surface area (Å²) < 4.78 is 5.47. The number of carbonyl (C=O) groups excluding carboxylic acids is 1. The molecule has 0 bridgehead atoms. The van der Waals surface area contributed by atoms with Gasteiger partial charge in [-0.15, -0.1) is 0 Å². The summed E-state index contributed by atoms with van der Waals surface area (Å²) in [6.07, 6.45) is 4.25. The van der Waals surface area contributed by atoms with E-state index in [1.807, 2.05) is 12.1 Å². The fourth-order valence-electron chi connectivity index (χ4n) is 3.39. The first kappa shape index (κ1) is 15.6. The first-order valence-electron chi connectivity index (χ1n) is 8.07. The summed E-state index contributed by atoms with van der Waals surface area (Å²) in [4.78, 5) is 22.6. The molecule has 124 valence electrons. The zero-order chi connectivity index (χ0) is 16.4. The van der Waals surface area contributed by atoms with Crippen molar-refractivity contribution in [2.45, 2.75) is 44.6 Å². The minimum absolute atomic E-state index is 0.0376. The first-order valence-corrected chi connectivity index (χ1v) is 8.07. The Bertz CT molecular complexity index is 621. The number of benzene rings is 1. The predicted molar refractivity (Wildman–Crippen MR) is 86.9 cm³/mol. The lowest BCUT2D eigenvalue weighted by molar-refractivity contribution is -0.142. The molecule has 1 saturated carbocycles. The molecule has 1 aliphatic carbocycles. The summed E-state index contributed by atoms with van der Waals surface area (Å²) in [5, 5.41) is 15.4. The molecule has 3 N–H and O–H groups in total. The van der Waals surface area contributed by atoms with E-state index in [0.29, 0.717) is 19.3 Å². The van der Waals surface area contributed by atoms with Crippen LogP contribution in [0.2, 0.25) is 0 Å². The minimum atomic E-state index is -0.697. The molecule has 1 aromatic carbocycles. The van der Waals surface area contributed by atoms with Gasteiger partial charge in [-0.3, -0.25) is 9.59 Å². The number of fused-ring (bicyclic) bond motifs is 1. The van der Waals surface area contributed by atoms with Gasteiger partial charge in [0.25, 0.3) is 0 Å². The van der Waals surface area contributed by atoms with Gasteiger partial charge in [-0.2, -0.15) is 0 Å². The Labute approximate surface area is 135 Å². The second-order valence-corrected chi connectivity index (χ2v) is 6.29. The predicted octanol–water partition coefficient (Wildman–Crippen LogP) is 2.64. The quantitative estimate of drug-likeness (QED) is 0.794. The molecule has 0 atom stereocenters. The second-order valence-electron chi connectivity index (χ2n) is 6.29. The van der Waals surface area contributed by atoms with Crippen LogP contribution in [0, 0.1) is 5.92 Å². The Kier molecular flexibility index (Phi) is 4.41. The third-order valence-electron chi connectivity index (χ3n) is 4.76. The van der Waals surface area contributed by atoms with E-state index in [-0.39, 0.29) is 17.9 Å². The number of carbonyl (C=O) groups is 2. The van der Waals surface area contributed by atoms with Crippen molar-refractivity contribution < 1.29 is 19.4 Å². The molecule has 1 heterocycles. The third-order valence-corrected chi connectivity index (χ3v) is 4.76. The number of hydrogen-bond acceptors (Lipinski definition) is 4. The van der Waals surface area contributed by atoms with Gasteiger partial charge in [-0.25, -0.2) is 0 Å². The molecule has 0 radical (unpaired) electrons. The monoisotopic (exact) mass is 318 g/mol. The largest absolute Gasteiger partial charge is 0.495 e. The molecule has 0 unspecified atom stereocenters. The van der Waals surface area contributed by atoms with Crippen LogP contribution in [0.25, 0.3) is 0 Å². The second kappa shape index (κ2) is 6.48. The Balaban J connectivity index is 1.73. The summed E-state index contributed by atoms with van der Waals surface area (Å²) in [6, 6.07) is 4.13. The number of rotatable bonds is 4. The number of carboxylic acids is 1. The molecule has 0 spiro atoms. The maximum atomic E-state index is 11.6. The van der Waals surface area contributed by atoms with Crippen LogP contribution < -0.4 is 15.4 Å². The minimum Gasteiger partial charge on any atom is -0.495 e. The van der Waals surface area contributed by atoms with Crippen molar-refractivity contribution in [3.05, 3.63) is 17.7 Å². The van der Waals surface area contributed by atoms with Gasteiger partial charge >= 0.3 is 5.97 Å². The fourth-order valence-corrected chi connectivity index (χ4v) is 3.39. The van der Waals surface area contributed by atoms with Crippen molar-refractivity contribution in [1.82, 2.24) is 0 Å². The summed E-state index contributed by atoms with van der Waals surface area (Å²) in [7, 11) is 1.63. The highest BCUT2D eigenvalue weighted by atomic mass is 16.5. The highest BCUT2D eigenvalue weighted by molar-refractivity contribution is 5.95. The van der Waals surface area contributed by atoms with Crippen LogP contribution in [-0.4, -0.2) is 30.1 Å². The van der Waals surface area contributed by atoms with Crippen LogP contribution in [0.4, 0.5) is 11.4 Å². The van der Waals surface area contributed by atoms with Crippen LogP contribution in [0.1, 0.15) is 37.7 Å². The summed E-state index contributed by atoms with van der Waals surface area (Å²) in [5.41, 5.74) is 2.78. The molecule has 1 aliphatic heterocycles.